The summed E-state index contributed by atoms with van der Waals surface area (Å²) in [5.41, 5.74) is 4.63. The molecule has 0 aromatic heterocycles. The van der Waals surface area contributed by atoms with Crippen LogP contribution in [0.1, 0.15) is 5.56 Å². The summed E-state index contributed by atoms with van der Waals surface area (Å²) in [5.74, 6) is 0.927. The van der Waals surface area contributed by atoms with Crippen LogP contribution in [-0.2, 0) is 0 Å². The number of anilines is 1. The van der Waals surface area contributed by atoms with Crippen molar-refractivity contribution in [3.8, 4) is 16.9 Å². The van der Waals surface area contributed by atoms with Crippen LogP contribution in [0.3, 0.4) is 0 Å². The molecule has 0 atom stereocenters. The van der Waals surface area contributed by atoms with Gasteiger partial charge in [-0.25, -0.2) is 0 Å². The lowest BCUT2D eigenvalue weighted by molar-refractivity contribution is 0.323. The van der Waals surface area contributed by atoms with Crippen LogP contribution < -0.4 is 10.1 Å². The normalized spacial score (nSPS) is 13.4. The largest absolute Gasteiger partial charge is 0.490 e. The van der Waals surface area contributed by atoms with Gasteiger partial charge in [0, 0.05) is 11.6 Å². The highest BCUT2D eigenvalue weighted by Gasteiger charge is 2.11. The van der Waals surface area contributed by atoms with Crippen molar-refractivity contribution in [2.45, 2.75) is 6.92 Å². The molecule has 2 nitrogen and oxygen atoms in total. The lowest BCUT2D eigenvalue weighted by atomic mass is 10.00. The van der Waals surface area contributed by atoms with Crippen molar-refractivity contribution in [2.75, 3.05) is 18.5 Å². The van der Waals surface area contributed by atoms with Crippen LogP contribution in [0.25, 0.3) is 11.1 Å². The van der Waals surface area contributed by atoms with Gasteiger partial charge in [0.2, 0.25) is 0 Å². The second-order valence-electron chi connectivity index (χ2n) is 4.45. The van der Waals surface area contributed by atoms with Gasteiger partial charge in [0.05, 0.1) is 5.69 Å². The molecule has 2 aromatic rings. The van der Waals surface area contributed by atoms with Gasteiger partial charge in [0.15, 0.2) is 0 Å². The summed E-state index contributed by atoms with van der Waals surface area (Å²) in [4.78, 5) is 0. The average Bonchev–Trinajstić information content (AvgIpc) is 2.38. The first kappa shape index (κ1) is 11.4. The van der Waals surface area contributed by atoms with Gasteiger partial charge in [-0.1, -0.05) is 23.7 Å². The second-order valence-corrected chi connectivity index (χ2v) is 4.88. The van der Waals surface area contributed by atoms with Crippen molar-refractivity contribution in [1.82, 2.24) is 0 Å². The first-order valence-electron chi connectivity index (χ1n) is 6.01. The molecule has 1 N–H and O–H groups in total. The van der Waals surface area contributed by atoms with Crippen LogP contribution in [0.4, 0.5) is 5.69 Å². The summed E-state index contributed by atoms with van der Waals surface area (Å²) < 4.78 is 5.58. The fraction of sp³-hybridized carbons (Fsp3) is 0.200. The molecule has 0 spiro atoms. The van der Waals surface area contributed by atoms with E-state index in [-0.39, 0.29) is 0 Å². The number of hydrogen-bond acceptors (Lipinski definition) is 2. The minimum atomic E-state index is 0.728. The van der Waals surface area contributed by atoms with Gasteiger partial charge in [-0.15, -0.1) is 0 Å². The van der Waals surface area contributed by atoms with Crippen molar-refractivity contribution in [2.24, 2.45) is 0 Å². The molecule has 0 unspecified atom stereocenters. The number of rotatable bonds is 1. The number of halogens is 1. The van der Waals surface area contributed by atoms with Crippen LogP contribution in [0.5, 0.6) is 5.75 Å². The van der Waals surface area contributed by atoms with Crippen LogP contribution in [0.2, 0.25) is 5.02 Å². The molecule has 0 saturated heterocycles. The maximum absolute atomic E-state index is 5.99. The Hall–Kier alpha value is -1.67. The molecule has 1 aliphatic rings. The number of hydrogen-bond donors (Lipinski definition) is 1. The molecular weight excluding hydrogens is 246 g/mol. The molecule has 3 heteroatoms. The fourth-order valence-electron chi connectivity index (χ4n) is 2.26. The standard InChI is InChI=1S/C15H14ClNO/c1-10-8-12(16)3-4-13(10)11-2-5-15-14(9-11)17-6-7-18-15/h2-5,8-9,17H,6-7H2,1H3. The van der Waals surface area contributed by atoms with Crippen molar-refractivity contribution in [1.29, 1.82) is 0 Å². The zero-order valence-electron chi connectivity index (χ0n) is 10.2. The molecule has 0 aliphatic carbocycles. The Kier molecular flexibility index (Phi) is 2.88. The molecule has 3 rings (SSSR count). The third-order valence-corrected chi connectivity index (χ3v) is 3.39. The van der Waals surface area contributed by atoms with E-state index in [0.717, 1.165) is 29.6 Å². The molecule has 0 amide bonds. The van der Waals surface area contributed by atoms with Gasteiger partial charge in [-0.2, -0.15) is 0 Å². The van der Waals surface area contributed by atoms with Gasteiger partial charge < -0.3 is 10.1 Å². The van der Waals surface area contributed by atoms with Gasteiger partial charge in [0.25, 0.3) is 0 Å². The van der Waals surface area contributed by atoms with Crippen LogP contribution in [-0.4, -0.2) is 13.2 Å². The predicted octanol–water partition coefficient (Wildman–Crippen LogP) is 4.12. The molecule has 0 fully saturated rings. The summed E-state index contributed by atoms with van der Waals surface area (Å²) in [6.45, 7) is 3.66. The van der Waals surface area contributed by atoms with Crippen LogP contribution >= 0.6 is 11.6 Å². The Balaban J connectivity index is 2.06. The van der Waals surface area contributed by atoms with Crippen LogP contribution in [0, 0.1) is 6.92 Å². The molecule has 0 radical (unpaired) electrons. The smallest absolute Gasteiger partial charge is 0.142 e. The molecule has 18 heavy (non-hydrogen) atoms. The minimum absolute atomic E-state index is 0.728. The van der Waals surface area contributed by atoms with E-state index in [4.69, 9.17) is 16.3 Å². The highest BCUT2D eigenvalue weighted by molar-refractivity contribution is 6.30. The molecule has 1 heterocycles. The molecule has 1 aliphatic heterocycles. The maximum atomic E-state index is 5.99. The number of aryl methyl sites for hydroxylation is 1. The minimum Gasteiger partial charge on any atom is -0.490 e. The van der Waals surface area contributed by atoms with E-state index in [9.17, 15) is 0 Å². The molecule has 2 aromatic carbocycles. The van der Waals surface area contributed by atoms with E-state index in [0.29, 0.717) is 0 Å². The zero-order chi connectivity index (χ0) is 12.5. The highest BCUT2D eigenvalue weighted by atomic mass is 35.5. The van der Waals surface area contributed by atoms with E-state index in [1.54, 1.807) is 0 Å². The Morgan fingerprint density at radius 3 is 2.89 bits per heavy atom. The summed E-state index contributed by atoms with van der Waals surface area (Å²) in [6, 6.07) is 12.2. The molecule has 0 saturated carbocycles. The first-order chi connectivity index (χ1) is 8.74. The Morgan fingerprint density at radius 1 is 1.17 bits per heavy atom. The number of fused-ring (bicyclic) bond motifs is 1. The van der Waals surface area contributed by atoms with Crippen molar-refractivity contribution in [3.05, 3.63) is 47.0 Å². The average molecular weight is 260 g/mol. The Labute approximate surface area is 112 Å². The third kappa shape index (κ3) is 2.04. The van der Waals surface area contributed by atoms with E-state index in [1.165, 1.54) is 16.7 Å². The van der Waals surface area contributed by atoms with Crippen molar-refractivity contribution < 1.29 is 4.74 Å². The van der Waals surface area contributed by atoms with E-state index in [1.807, 2.05) is 18.2 Å². The van der Waals surface area contributed by atoms with Crippen molar-refractivity contribution >= 4 is 17.3 Å². The summed E-state index contributed by atoms with van der Waals surface area (Å²) >= 11 is 5.99. The quantitative estimate of drug-likeness (QED) is 0.832. The van der Waals surface area contributed by atoms with Gasteiger partial charge in [-0.05, 0) is 47.9 Å². The van der Waals surface area contributed by atoms with Gasteiger partial charge >= 0.3 is 0 Å². The van der Waals surface area contributed by atoms with Gasteiger partial charge in [0.1, 0.15) is 12.4 Å². The first-order valence-corrected chi connectivity index (χ1v) is 6.39. The fourth-order valence-corrected chi connectivity index (χ4v) is 2.49. The van der Waals surface area contributed by atoms with E-state index < -0.39 is 0 Å². The molecule has 92 valence electrons. The number of nitrogens with one attached hydrogen (secondary N) is 1. The highest BCUT2D eigenvalue weighted by Crippen LogP contribution is 2.34. The van der Waals surface area contributed by atoms with E-state index in [2.05, 4.69) is 30.4 Å². The lowest BCUT2D eigenvalue weighted by Crippen LogP contribution is -2.17. The molecular formula is C15H14ClNO. The summed E-state index contributed by atoms with van der Waals surface area (Å²) in [6.07, 6.45) is 0. The summed E-state index contributed by atoms with van der Waals surface area (Å²) in [7, 11) is 0. The topological polar surface area (TPSA) is 21.3 Å². The second kappa shape index (κ2) is 4.54. The maximum Gasteiger partial charge on any atom is 0.142 e. The van der Waals surface area contributed by atoms with E-state index >= 15 is 0 Å². The third-order valence-electron chi connectivity index (χ3n) is 3.15. The monoisotopic (exact) mass is 259 g/mol. The number of ether oxygens (including phenoxy) is 1. The Morgan fingerprint density at radius 2 is 2.06 bits per heavy atom. The summed E-state index contributed by atoms with van der Waals surface area (Å²) in [5, 5.41) is 4.13. The van der Waals surface area contributed by atoms with Gasteiger partial charge in [-0.3, -0.25) is 0 Å². The van der Waals surface area contributed by atoms with Crippen molar-refractivity contribution in [3.63, 3.8) is 0 Å². The van der Waals surface area contributed by atoms with Crippen LogP contribution in [0.15, 0.2) is 36.4 Å². The molecule has 0 bridgehead atoms. The number of benzene rings is 2. The predicted molar refractivity (Wildman–Crippen MR) is 75.6 cm³/mol. The SMILES string of the molecule is Cc1cc(Cl)ccc1-c1ccc2c(c1)NCCO2. The lowest BCUT2D eigenvalue weighted by Gasteiger charge is -2.20. The zero-order valence-corrected chi connectivity index (χ0v) is 10.9. The Bertz CT molecular complexity index is 595.